The molecule has 3 aliphatic heterocycles. The maximum atomic E-state index is 13.0. The highest BCUT2D eigenvalue weighted by Crippen LogP contribution is 2.31. The van der Waals surface area contributed by atoms with Crippen LogP contribution in [0.15, 0.2) is 35.1 Å². The number of amides is 3. The highest BCUT2D eigenvalue weighted by Gasteiger charge is 2.39. The van der Waals surface area contributed by atoms with E-state index in [9.17, 15) is 14.4 Å². The molecule has 10 heteroatoms. The van der Waals surface area contributed by atoms with Crippen LogP contribution in [0.25, 0.3) is 0 Å². The van der Waals surface area contributed by atoms with E-state index in [0.717, 1.165) is 18.5 Å². The molecule has 3 atom stereocenters. The van der Waals surface area contributed by atoms with Gasteiger partial charge >= 0.3 is 0 Å². The number of carbonyl (C=O) groups is 3. The van der Waals surface area contributed by atoms with E-state index < -0.39 is 11.9 Å². The molecule has 186 valence electrons. The Morgan fingerprint density at radius 3 is 2.86 bits per heavy atom. The number of hydrogen-bond donors (Lipinski definition) is 2. The van der Waals surface area contributed by atoms with Gasteiger partial charge < -0.3 is 19.4 Å². The lowest BCUT2D eigenvalue weighted by atomic mass is 10.0. The Balaban J connectivity index is 1.29. The van der Waals surface area contributed by atoms with Crippen molar-refractivity contribution >= 4 is 17.7 Å². The van der Waals surface area contributed by atoms with Crippen LogP contribution in [-0.2, 0) is 22.7 Å². The second-order valence-electron chi connectivity index (χ2n) is 9.75. The van der Waals surface area contributed by atoms with E-state index in [1.54, 1.807) is 23.4 Å². The van der Waals surface area contributed by atoms with E-state index in [2.05, 4.69) is 34.4 Å². The molecule has 2 aromatic rings. The number of ether oxygens (including phenoxy) is 1. The standard InChI is InChI=1S/C25H31N5O5/c1-15(2)27-19-7-9-29(14-23-26-8-10-34-23)13-21(19)35-17-3-4-18-16(11-17)12-30(25(18)33)20-5-6-22(31)28-24(20)32/h3-4,8,10-11,15,19-21,27H,5-7,9,12-14H2,1-2H3,(H,28,31,32). The first-order chi connectivity index (χ1) is 16.9. The third kappa shape index (κ3) is 5.08. The number of fused-ring (bicyclic) bond motifs is 1. The Labute approximate surface area is 204 Å². The molecule has 0 aliphatic carbocycles. The molecule has 5 rings (SSSR count). The number of benzene rings is 1. The topological polar surface area (TPSA) is 117 Å². The number of rotatable bonds is 7. The number of carbonyl (C=O) groups excluding carboxylic acids is 3. The Morgan fingerprint density at radius 1 is 1.26 bits per heavy atom. The van der Waals surface area contributed by atoms with Crippen LogP contribution in [0.4, 0.5) is 0 Å². The van der Waals surface area contributed by atoms with Crippen LogP contribution in [0.5, 0.6) is 5.75 Å². The lowest BCUT2D eigenvalue weighted by molar-refractivity contribution is -0.136. The van der Waals surface area contributed by atoms with Gasteiger partial charge in [0.2, 0.25) is 17.7 Å². The summed E-state index contributed by atoms with van der Waals surface area (Å²) >= 11 is 0. The van der Waals surface area contributed by atoms with Gasteiger partial charge in [-0.05, 0) is 36.6 Å². The smallest absolute Gasteiger partial charge is 0.255 e. The van der Waals surface area contributed by atoms with Crippen molar-refractivity contribution in [1.82, 2.24) is 25.4 Å². The van der Waals surface area contributed by atoms with Crippen molar-refractivity contribution in [3.63, 3.8) is 0 Å². The average molecular weight is 482 g/mol. The molecular formula is C25H31N5O5. The van der Waals surface area contributed by atoms with Crippen LogP contribution in [0, 0.1) is 0 Å². The summed E-state index contributed by atoms with van der Waals surface area (Å²) in [5.41, 5.74) is 1.41. The van der Waals surface area contributed by atoms with Gasteiger partial charge in [-0.2, -0.15) is 0 Å². The van der Waals surface area contributed by atoms with Gasteiger partial charge in [0.15, 0.2) is 0 Å². The van der Waals surface area contributed by atoms with Gasteiger partial charge in [-0.15, -0.1) is 0 Å². The van der Waals surface area contributed by atoms with Crippen LogP contribution < -0.4 is 15.4 Å². The van der Waals surface area contributed by atoms with Gasteiger partial charge in [-0.1, -0.05) is 13.8 Å². The summed E-state index contributed by atoms with van der Waals surface area (Å²) in [7, 11) is 0. The molecule has 3 amide bonds. The van der Waals surface area contributed by atoms with E-state index in [-0.39, 0.29) is 30.4 Å². The molecule has 35 heavy (non-hydrogen) atoms. The molecule has 2 N–H and O–H groups in total. The Bertz CT molecular complexity index is 1100. The SMILES string of the molecule is CC(C)NC1CCN(Cc2ncco2)CC1Oc1ccc2c(c1)CN(C1CCC(=O)NC1=O)C2=O. The largest absolute Gasteiger partial charge is 0.487 e. The molecule has 0 bridgehead atoms. The summed E-state index contributed by atoms with van der Waals surface area (Å²) < 4.78 is 11.9. The molecule has 1 aromatic heterocycles. The summed E-state index contributed by atoms with van der Waals surface area (Å²) in [5, 5.41) is 5.96. The van der Waals surface area contributed by atoms with E-state index in [1.807, 2.05) is 12.1 Å². The molecule has 1 aromatic carbocycles. The Kier molecular flexibility index (Phi) is 6.57. The van der Waals surface area contributed by atoms with Gasteiger partial charge in [0.05, 0.1) is 12.7 Å². The monoisotopic (exact) mass is 481 g/mol. The van der Waals surface area contributed by atoms with Crippen molar-refractivity contribution in [3.05, 3.63) is 47.7 Å². The third-order valence-electron chi connectivity index (χ3n) is 6.82. The molecule has 0 saturated carbocycles. The summed E-state index contributed by atoms with van der Waals surface area (Å²) in [6.45, 7) is 6.83. The maximum Gasteiger partial charge on any atom is 0.255 e. The maximum absolute atomic E-state index is 13.0. The quantitative estimate of drug-likeness (QED) is 0.571. The predicted octanol–water partition coefficient (Wildman–Crippen LogP) is 1.46. The number of piperidine rings is 2. The van der Waals surface area contributed by atoms with Gasteiger partial charge in [0, 0.05) is 43.7 Å². The van der Waals surface area contributed by atoms with Crippen molar-refractivity contribution in [3.8, 4) is 5.75 Å². The molecule has 4 heterocycles. The van der Waals surface area contributed by atoms with Crippen molar-refractivity contribution in [2.24, 2.45) is 0 Å². The minimum absolute atomic E-state index is 0.0949. The van der Waals surface area contributed by atoms with E-state index in [1.165, 1.54) is 0 Å². The summed E-state index contributed by atoms with van der Waals surface area (Å²) in [4.78, 5) is 44.9. The highest BCUT2D eigenvalue weighted by molar-refractivity contribution is 6.05. The number of nitrogens with zero attached hydrogens (tertiary/aromatic N) is 3. The van der Waals surface area contributed by atoms with Gasteiger partial charge in [-0.25, -0.2) is 4.98 Å². The van der Waals surface area contributed by atoms with Gasteiger partial charge in [0.1, 0.15) is 24.2 Å². The second kappa shape index (κ2) is 9.79. The van der Waals surface area contributed by atoms with Gasteiger partial charge in [-0.3, -0.25) is 24.6 Å². The first-order valence-corrected chi connectivity index (χ1v) is 12.2. The van der Waals surface area contributed by atoms with Gasteiger partial charge in [0.25, 0.3) is 5.91 Å². The minimum Gasteiger partial charge on any atom is -0.487 e. The van der Waals surface area contributed by atoms with Crippen LogP contribution in [0.2, 0.25) is 0 Å². The van der Waals surface area contributed by atoms with Crippen molar-refractivity contribution in [1.29, 1.82) is 0 Å². The Morgan fingerprint density at radius 2 is 2.11 bits per heavy atom. The minimum atomic E-state index is -0.626. The zero-order valence-electron chi connectivity index (χ0n) is 20.0. The average Bonchev–Trinajstić information content (AvgIpc) is 3.43. The van der Waals surface area contributed by atoms with Crippen molar-refractivity contribution in [2.75, 3.05) is 13.1 Å². The highest BCUT2D eigenvalue weighted by atomic mass is 16.5. The molecule has 10 nitrogen and oxygen atoms in total. The second-order valence-corrected chi connectivity index (χ2v) is 9.75. The van der Waals surface area contributed by atoms with Crippen LogP contribution in [-0.4, -0.2) is 69.8 Å². The molecule has 2 fully saturated rings. The lowest BCUT2D eigenvalue weighted by Gasteiger charge is -2.39. The number of nitrogens with one attached hydrogen (secondary N) is 2. The first-order valence-electron chi connectivity index (χ1n) is 12.2. The zero-order chi connectivity index (χ0) is 24.5. The fourth-order valence-electron chi connectivity index (χ4n) is 5.18. The molecule has 3 unspecified atom stereocenters. The molecular weight excluding hydrogens is 450 g/mol. The number of likely N-dealkylation sites (tertiary alicyclic amines) is 1. The first kappa shape index (κ1) is 23.5. The lowest BCUT2D eigenvalue weighted by Crippen LogP contribution is -2.56. The zero-order valence-corrected chi connectivity index (χ0v) is 20.0. The normalized spacial score (nSPS) is 25.2. The molecule has 0 spiro atoms. The van der Waals surface area contributed by atoms with E-state index in [4.69, 9.17) is 9.15 Å². The van der Waals surface area contributed by atoms with Crippen LogP contribution in [0.3, 0.4) is 0 Å². The van der Waals surface area contributed by atoms with Crippen LogP contribution in [0.1, 0.15) is 54.9 Å². The summed E-state index contributed by atoms with van der Waals surface area (Å²) in [6, 6.07) is 5.38. The van der Waals surface area contributed by atoms with E-state index in [0.29, 0.717) is 49.3 Å². The predicted molar refractivity (Wildman–Crippen MR) is 125 cm³/mol. The fourth-order valence-corrected chi connectivity index (χ4v) is 5.18. The van der Waals surface area contributed by atoms with Crippen molar-refractivity contribution < 1.29 is 23.5 Å². The Hall–Kier alpha value is -3.24. The summed E-state index contributed by atoms with van der Waals surface area (Å²) in [5.74, 6) is 0.494. The van der Waals surface area contributed by atoms with Crippen LogP contribution >= 0.6 is 0 Å². The number of oxazole rings is 1. The molecule has 0 radical (unpaired) electrons. The molecule has 3 aliphatic rings. The van der Waals surface area contributed by atoms with E-state index >= 15 is 0 Å². The fraction of sp³-hybridized carbons (Fsp3) is 0.520. The number of imide groups is 1. The van der Waals surface area contributed by atoms with Crippen molar-refractivity contribution in [2.45, 2.75) is 70.4 Å². The molecule has 2 saturated heterocycles. The third-order valence-corrected chi connectivity index (χ3v) is 6.82. The number of aromatic nitrogens is 1. The summed E-state index contributed by atoms with van der Waals surface area (Å²) in [6.07, 6.45) is 4.65. The number of hydrogen-bond acceptors (Lipinski definition) is 8.